The molecule has 4 N–H and O–H groups in total. The number of hydrogen-bond acceptors (Lipinski definition) is 5. The molecule has 22 heavy (non-hydrogen) atoms. The van der Waals surface area contributed by atoms with Crippen molar-refractivity contribution in [1.29, 1.82) is 0 Å². The summed E-state index contributed by atoms with van der Waals surface area (Å²) in [7, 11) is 0. The highest BCUT2D eigenvalue weighted by atomic mass is 32.1. The molecule has 0 amide bonds. The highest BCUT2D eigenvalue weighted by Gasteiger charge is 2.17. The molecule has 1 aromatic heterocycles. The summed E-state index contributed by atoms with van der Waals surface area (Å²) in [6.07, 6.45) is 0.0538. The van der Waals surface area contributed by atoms with Gasteiger partial charge in [0.15, 0.2) is 5.96 Å². The molecule has 0 spiro atoms. The Kier molecular flexibility index (Phi) is 5.05. The molecule has 0 aliphatic carbocycles. The third kappa shape index (κ3) is 4.01. The van der Waals surface area contributed by atoms with Crippen molar-refractivity contribution in [1.82, 2.24) is 4.98 Å². The van der Waals surface area contributed by atoms with Gasteiger partial charge >= 0.3 is 5.97 Å². The smallest absolute Gasteiger partial charge is 0.311 e. The third-order valence-electron chi connectivity index (χ3n) is 2.64. The van der Waals surface area contributed by atoms with Gasteiger partial charge in [-0.3, -0.25) is 4.79 Å². The summed E-state index contributed by atoms with van der Waals surface area (Å²) in [6, 6.07) is 5.81. The number of ether oxygens (including phenoxy) is 1. The lowest BCUT2D eigenvalue weighted by Gasteiger charge is -2.02. The van der Waals surface area contributed by atoms with E-state index in [-0.39, 0.29) is 24.2 Å². The fraction of sp³-hybridized carbons (Fsp3) is 0.214. The molecule has 0 bridgehead atoms. The number of esters is 1. The quantitative estimate of drug-likeness (QED) is 0.497. The van der Waals surface area contributed by atoms with Gasteiger partial charge in [0.05, 0.1) is 18.7 Å². The second-order valence-corrected chi connectivity index (χ2v) is 5.36. The first-order valence-corrected chi connectivity index (χ1v) is 7.32. The standard InChI is InChI=1S/C14H15FN4O2S/c1-2-21-11(20)7-10-12(8-3-5-9(15)6-4-8)18-14(22-10)19-13(16)17/h3-6H,2,7H2,1H3,(H4,16,17,18,19). The summed E-state index contributed by atoms with van der Waals surface area (Å²) in [5, 5.41) is 0.332. The molecule has 2 aromatic rings. The minimum absolute atomic E-state index is 0.0538. The minimum Gasteiger partial charge on any atom is -0.466 e. The summed E-state index contributed by atoms with van der Waals surface area (Å²) >= 11 is 1.19. The summed E-state index contributed by atoms with van der Waals surface area (Å²) < 4.78 is 18.0. The van der Waals surface area contributed by atoms with Gasteiger partial charge in [-0.15, -0.1) is 0 Å². The van der Waals surface area contributed by atoms with E-state index < -0.39 is 0 Å². The van der Waals surface area contributed by atoms with Crippen molar-refractivity contribution < 1.29 is 13.9 Å². The van der Waals surface area contributed by atoms with E-state index in [0.717, 1.165) is 0 Å². The Balaban J connectivity index is 2.40. The zero-order chi connectivity index (χ0) is 16.1. The number of halogens is 1. The second-order valence-electron chi connectivity index (χ2n) is 4.29. The lowest BCUT2D eigenvalue weighted by atomic mass is 10.1. The first-order valence-electron chi connectivity index (χ1n) is 6.50. The number of aliphatic imine (C=N–C) groups is 1. The highest BCUT2D eigenvalue weighted by Crippen LogP contribution is 2.33. The number of nitrogens with zero attached hydrogens (tertiary/aromatic N) is 2. The Morgan fingerprint density at radius 3 is 2.64 bits per heavy atom. The number of guanidine groups is 1. The number of nitrogens with two attached hydrogens (primary N) is 2. The average molecular weight is 322 g/mol. The van der Waals surface area contributed by atoms with Crippen molar-refractivity contribution in [2.45, 2.75) is 13.3 Å². The molecule has 1 heterocycles. The van der Waals surface area contributed by atoms with Crippen LogP contribution in [0.15, 0.2) is 29.3 Å². The number of benzene rings is 1. The van der Waals surface area contributed by atoms with Crippen LogP contribution in [0, 0.1) is 5.82 Å². The molecule has 0 aliphatic heterocycles. The van der Waals surface area contributed by atoms with Crippen LogP contribution in [0.2, 0.25) is 0 Å². The van der Waals surface area contributed by atoms with Gasteiger partial charge < -0.3 is 16.2 Å². The maximum atomic E-state index is 13.0. The first kappa shape index (κ1) is 15.9. The Hall–Kier alpha value is -2.48. The van der Waals surface area contributed by atoms with Crippen LogP contribution >= 0.6 is 11.3 Å². The van der Waals surface area contributed by atoms with E-state index in [1.165, 1.54) is 23.5 Å². The van der Waals surface area contributed by atoms with Crippen LogP contribution in [0.5, 0.6) is 0 Å². The minimum atomic E-state index is -0.370. The van der Waals surface area contributed by atoms with Crippen LogP contribution in [-0.2, 0) is 16.0 Å². The van der Waals surface area contributed by atoms with E-state index in [2.05, 4.69) is 9.98 Å². The number of hydrogen-bond donors (Lipinski definition) is 2. The Labute approximate surface area is 130 Å². The molecule has 0 saturated heterocycles. The van der Waals surface area contributed by atoms with E-state index in [9.17, 15) is 9.18 Å². The van der Waals surface area contributed by atoms with Crippen LogP contribution in [-0.4, -0.2) is 23.5 Å². The monoisotopic (exact) mass is 322 g/mol. The summed E-state index contributed by atoms with van der Waals surface area (Å²) in [6.45, 7) is 2.03. The fourth-order valence-corrected chi connectivity index (χ4v) is 2.75. The molecule has 0 unspecified atom stereocenters. The maximum Gasteiger partial charge on any atom is 0.311 e. The van der Waals surface area contributed by atoms with Crippen molar-refractivity contribution in [3.05, 3.63) is 35.0 Å². The van der Waals surface area contributed by atoms with Crippen LogP contribution in [0.3, 0.4) is 0 Å². The number of rotatable bonds is 5. The normalized spacial score (nSPS) is 10.3. The molecular formula is C14H15FN4O2S. The fourth-order valence-electron chi connectivity index (χ4n) is 1.79. The molecular weight excluding hydrogens is 307 g/mol. The van der Waals surface area contributed by atoms with Crippen molar-refractivity contribution >= 4 is 28.4 Å². The number of aromatic nitrogens is 1. The molecule has 1 aromatic carbocycles. The first-order chi connectivity index (χ1) is 10.5. The van der Waals surface area contributed by atoms with Crippen LogP contribution in [0.25, 0.3) is 11.3 Å². The van der Waals surface area contributed by atoms with Crippen LogP contribution < -0.4 is 11.5 Å². The van der Waals surface area contributed by atoms with Gasteiger partial charge in [0.25, 0.3) is 0 Å². The number of thiazole rings is 1. The van der Waals surface area contributed by atoms with Gasteiger partial charge in [-0.25, -0.2) is 9.37 Å². The predicted octanol–water partition coefficient (Wildman–Crippen LogP) is 1.96. The van der Waals surface area contributed by atoms with Gasteiger partial charge in [-0.1, -0.05) is 11.3 Å². The largest absolute Gasteiger partial charge is 0.466 e. The van der Waals surface area contributed by atoms with Gasteiger partial charge in [0, 0.05) is 10.4 Å². The lowest BCUT2D eigenvalue weighted by molar-refractivity contribution is -0.142. The summed E-state index contributed by atoms with van der Waals surface area (Å²) in [5.74, 6) is -0.844. The van der Waals surface area contributed by atoms with Crippen LogP contribution in [0.1, 0.15) is 11.8 Å². The van der Waals surface area contributed by atoms with Crippen molar-refractivity contribution in [3.8, 4) is 11.3 Å². The Bertz CT molecular complexity index is 693. The van der Waals surface area contributed by atoms with Gasteiger partial charge in [0.1, 0.15) is 5.82 Å². The molecule has 0 aliphatic rings. The molecule has 116 valence electrons. The molecule has 6 nitrogen and oxygen atoms in total. The summed E-state index contributed by atoms with van der Waals surface area (Å²) in [5.41, 5.74) is 11.9. The molecule has 8 heteroatoms. The highest BCUT2D eigenvalue weighted by molar-refractivity contribution is 7.15. The molecule has 2 rings (SSSR count). The molecule has 0 saturated carbocycles. The van der Waals surface area contributed by atoms with E-state index in [1.54, 1.807) is 19.1 Å². The Morgan fingerprint density at radius 2 is 2.05 bits per heavy atom. The predicted molar refractivity (Wildman–Crippen MR) is 83.3 cm³/mol. The number of carbonyl (C=O) groups is 1. The SMILES string of the molecule is CCOC(=O)Cc1sc(N=C(N)N)nc1-c1ccc(F)cc1. The molecule has 0 radical (unpaired) electrons. The number of carbonyl (C=O) groups excluding carboxylic acids is 1. The summed E-state index contributed by atoms with van der Waals surface area (Å²) in [4.78, 5) is 20.5. The third-order valence-corrected chi connectivity index (χ3v) is 3.59. The van der Waals surface area contributed by atoms with E-state index in [1.807, 2.05) is 0 Å². The van der Waals surface area contributed by atoms with Crippen molar-refractivity contribution in [2.75, 3.05) is 6.61 Å². The second kappa shape index (κ2) is 6.99. The van der Waals surface area contributed by atoms with E-state index in [4.69, 9.17) is 16.2 Å². The van der Waals surface area contributed by atoms with Gasteiger partial charge in [0.2, 0.25) is 5.13 Å². The van der Waals surface area contributed by atoms with Crippen LogP contribution in [0.4, 0.5) is 9.52 Å². The van der Waals surface area contributed by atoms with Crippen molar-refractivity contribution in [3.63, 3.8) is 0 Å². The average Bonchev–Trinajstić information content (AvgIpc) is 2.81. The Morgan fingerprint density at radius 1 is 1.36 bits per heavy atom. The molecule has 0 fully saturated rings. The van der Waals surface area contributed by atoms with Gasteiger partial charge in [-0.2, -0.15) is 4.99 Å². The zero-order valence-corrected chi connectivity index (χ0v) is 12.7. The lowest BCUT2D eigenvalue weighted by Crippen LogP contribution is -2.21. The van der Waals surface area contributed by atoms with Crippen molar-refractivity contribution in [2.24, 2.45) is 16.5 Å². The molecule has 0 atom stereocenters. The topological polar surface area (TPSA) is 104 Å². The van der Waals surface area contributed by atoms with E-state index in [0.29, 0.717) is 27.9 Å². The van der Waals surface area contributed by atoms with Gasteiger partial charge in [-0.05, 0) is 31.2 Å². The zero-order valence-electron chi connectivity index (χ0n) is 11.9. The maximum absolute atomic E-state index is 13.0. The van der Waals surface area contributed by atoms with E-state index >= 15 is 0 Å².